The number of carboxylic acids is 1. The highest BCUT2D eigenvalue weighted by atomic mass is 19.4. The lowest BCUT2D eigenvalue weighted by Crippen LogP contribution is -2.52. The van der Waals surface area contributed by atoms with Gasteiger partial charge in [-0.1, -0.05) is 12.1 Å². The van der Waals surface area contributed by atoms with Crippen LogP contribution in [-0.2, 0) is 4.79 Å². The fraction of sp³-hybridized carbons (Fsp3) is 0.600. The average Bonchev–Trinajstić information content (AvgIpc) is 3.44. The molecule has 13 heteroatoms. The smallest absolute Gasteiger partial charge is 0.475 e. The molecule has 1 aromatic carbocycles. The van der Waals surface area contributed by atoms with Gasteiger partial charge in [-0.25, -0.2) is 4.79 Å². The zero-order valence-electron chi connectivity index (χ0n) is 17.3. The highest BCUT2D eigenvalue weighted by molar-refractivity contribution is 5.94. The molecule has 0 aromatic heterocycles. The van der Waals surface area contributed by atoms with Crippen LogP contribution in [-0.4, -0.2) is 65.6 Å². The topological polar surface area (TPSA) is 94.4 Å². The van der Waals surface area contributed by atoms with Crippen LogP contribution >= 0.6 is 0 Å². The number of amides is 1. The SMILES string of the molecule is O=C(O)C(F)(F)F.O=C(c1ccc(C2CCCNC2)cc1)N1CCCC1C1(C(F)(F)F)N=N1. The van der Waals surface area contributed by atoms with Crippen molar-refractivity contribution in [2.45, 2.75) is 55.7 Å². The summed E-state index contributed by atoms with van der Waals surface area (Å²) in [6.07, 6.45) is -6.62. The molecule has 2 N–H and O–H groups in total. The van der Waals surface area contributed by atoms with Gasteiger partial charge in [-0.15, -0.1) is 10.2 Å². The van der Waals surface area contributed by atoms with E-state index < -0.39 is 30.0 Å². The van der Waals surface area contributed by atoms with Crippen LogP contribution < -0.4 is 5.32 Å². The number of rotatable bonds is 3. The summed E-state index contributed by atoms with van der Waals surface area (Å²) in [6, 6.07) is 6.26. The van der Waals surface area contributed by atoms with Crippen molar-refractivity contribution in [3.63, 3.8) is 0 Å². The number of aliphatic carboxylic acids is 1. The van der Waals surface area contributed by atoms with Crippen molar-refractivity contribution in [1.82, 2.24) is 10.2 Å². The number of benzene rings is 1. The van der Waals surface area contributed by atoms with Crippen molar-refractivity contribution < 1.29 is 41.0 Å². The Balaban J connectivity index is 0.000000383. The molecule has 0 aliphatic carbocycles. The van der Waals surface area contributed by atoms with Crippen molar-refractivity contribution >= 4 is 11.9 Å². The molecule has 182 valence electrons. The Bertz CT molecular complexity index is 889. The van der Waals surface area contributed by atoms with Crippen LogP contribution in [0.2, 0.25) is 0 Å². The molecule has 3 heterocycles. The first-order valence-electron chi connectivity index (χ1n) is 10.3. The quantitative estimate of drug-likeness (QED) is 0.637. The van der Waals surface area contributed by atoms with E-state index in [1.807, 2.05) is 12.1 Å². The maximum atomic E-state index is 13.3. The number of carbonyl (C=O) groups excluding carboxylic acids is 1. The van der Waals surface area contributed by atoms with Gasteiger partial charge >= 0.3 is 24.0 Å². The van der Waals surface area contributed by atoms with Gasteiger partial charge in [-0.05, 0) is 55.8 Å². The number of carbonyl (C=O) groups is 2. The Kier molecular flexibility index (Phi) is 7.01. The fourth-order valence-corrected chi connectivity index (χ4v) is 4.12. The Labute approximate surface area is 184 Å². The number of piperidine rings is 1. The van der Waals surface area contributed by atoms with E-state index in [4.69, 9.17) is 9.90 Å². The minimum absolute atomic E-state index is 0.268. The zero-order chi connectivity index (χ0) is 24.4. The van der Waals surface area contributed by atoms with Gasteiger partial charge in [0.2, 0.25) is 0 Å². The van der Waals surface area contributed by atoms with E-state index in [1.54, 1.807) is 12.1 Å². The first-order chi connectivity index (χ1) is 15.4. The molecule has 4 rings (SSSR count). The summed E-state index contributed by atoms with van der Waals surface area (Å²) in [5, 5.41) is 17.1. The summed E-state index contributed by atoms with van der Waals surface area (Å²) in [6.45, 7) is 2.25. The molecular formula is C20H22F6N4O3. The fourth-order valence-electron chi connectivity index (χ4n) is 4.12. The van der Waals surface area contributed by atoms with Gasteiger partial charge in [0.05, 0.1) is 6.04 Å². The summed E-state index contributed by atoms with van der Waals surface area (Å²) < 4.78 is 71.7. The molecule has 2 atom stereocenters. The van der Waals surface area contributed by atoms with Crippen LogP contribution in [0.5, 0.6) is 0 Å². The number of nitrogens with one attached hydrogen (secondary N) is 1. The minimum atomic E-state index is -5.08. The maximum absolute atomic E-state index is 13.3. The standard InChI is InChI=1S/C18H21F3N4O.C2HF3O2/c19-18(20,21)17(23-24-17)15-4-2-10-25(15)16(26)13-7-5-12(6-8-13)14-3-1-9-22-11-14;3-2(4,5)1(6)7/h5-8,14-15,22H,1-4,9-11H2;(H,6,7). The van der Waals surface area contributed by atoms with Gasteiger partial charge < -0.3 is 15.3 Å². The van der Waals surface area contributed by atoms with E-state index in [-0.39, 0.29) is 12.3 Å². The molecule has 2 unspecified atom stereocenters. The van der Waals surface area contributed by atoms with Gasteiger partial charge in [0.1, 0.15) is 0 Å². The summed E-state index contributed by atoms with van der Waals surface area (Å²) in [7, 11) is 0. The van der Waals surface area contributed by atoms with Crippen LogP contribution in [0.15, 0.2) is 34.5 Å². The van der Waals surface area contributed by atoms with Gasteiger partial charge in [0.15, 0.2) is 0 Å². The van der Waals surface area contributed by atoms with Gasteiger partial charge in [0.25, 0.3) is 5.91 Å². The number of alkyl halides is 6. The number of likely N-dealkylation sites (tertiary alicyclic amines) is 1. The van der Waals surface area contributed by atoms with Gasteiger partial charge in [-0.2, -0.15) is 26.3 Å². The number of halogens is 6. The first-order valence-corrected chi connectivity index (χ1v) is 10.3. The van der Waals surface area contributed by atoms with Gasteiger partial charge in [0, 0.05) is 18.7 Å². The molecule has 2 saturated heterocycles. The molecule has 0 bridgehead atoms. The van der Waals surface area contributed by atoms with E-state index in [0.717, 1.165) is 31.5 Å². The second kappa shape index (κ2) is 9.27. The van der Waals surface area contributed by atoms with Crippen molar-refractivity contribution in [3.8, 4) is 0 Å². The highest BCUT2D eigenvalue weighted by Gasteiger charge is 2.70. The summed E-state index contributed by atoms with van der Waals surface area (Å²) >= 11 is 0. The Hall–Kier alpha value is -2.70. The number of hydrogen-bond donors (Lipinski definition) is 2. The molecule has 0 spiro atoms. The van der Waals surface area contributed by atoms with Crippen molar-refractivity contribution in [1.29, 1.82) is 0 Å². The molecule has 3 aliphatic heterocycles. The third-order valence-corrected chi connectivity index (χ3v) is 5.88. The lowest BCUT2D eigenvalue weighted by Gasteiger charge is -2.30. The zero-order valence-corrected chi connectivity index (χ0v) is 17.3. The molecule has 2 fully saturated rings. The first kappa shape index (κ1) is 24.9. The largest absolute Gasteiger partial charge is 0.490 e. The minimum Gasteiger partial charge on any atom is -0.475 e. The molecule has 33 heavy (non-hydrogen) atoms. The van der Waals surface area contributed by atoms with Crippen molar-refractivity contribution in [2.75, 3.05) is 19.6 Å². The predicted molar refractivity (Wildman–Crippen MR) is 103 cm³/mol. The van der Waals surface area contributed by atoms with Crippen LogP contribution in [0, 0.1) is 0 Å². The number of carboxylic acid groups (broad SMARTS) is 1. The molecule has 3 aliphatic rings. The predicted octanol–water partition coefficient (Wildman–Crippen LogP) is 4.12. The van der Waals surface area contributed by atoms with Crippen molar-refractivity contribution in [3.05, 3.63) is 35.4 Å². The second-order valence-electron chi connectivity index (χ2n) is 8.05. The molecule has 0 radical (unpaired) electrons. The monoisotopic (exact) mass is 480 g/mol. The normalized spacial score (nSPS) is 24.1. The van der Waals surface area contributed by atoms with Crippen LogP contribution in [0.25, 0.3) is 0 Å². The maximum Gasteiger partial charge on any atom is 0.490 e. The molecule has 7 nitrogen and oxygen atoms in total. The molecule has 1 amide bonds. The second-order valence-corrected chi connectivity index (χ2v) is 8.05. The average molecular weight is 480 g/mol. The van der Waals surface area contributed by atoms with Crippen molar-refractivity contribution in [2.24, 2.45) is 10.2 Å². The lowest BCUT2D eigenvalue weighted by molar-refractivity contribution is -0.192. The molecular weight excluding hydrogens is 458 g/mol. The van der Waals surface area contributed by atoms with Crippen LogP contribution in [0.4, 0.5) is 26.3 Å². The van der Waals surface area contributed by atoms with E-state index in [0.29, 0.717) is 24.4 Å². The van der Waals surface area contributed by atoms with E-state index in [1.165, 1.54) is 4.90 Å². The highest BCUT2D eigenvalue weighted by Crippen LogP contribution is 2.51. The van der Waals surface area contributed by atoms with Crippen LogP contribution in [0.3, 0.4) is 0 Å². The van der Waals surface area contributed by atoms with Gasteiger partial charge in [-0.3, -0.25) is 4.79 Å². The third-order valence-electron chi connectivity index (χ3n) is 5.88. The van der Waals surface area contributed by atoms with E-state index in [9.17, 15) is 31.1 Å². The lowest BCUT2D eigenvalue weighted by atomic mass is 9.91. The Morgan fingerprint density at radius 2 is 1.64 bits per heavy atom. The molecule has 1 aromatic rings. The summed E-state index contributed by atoms with van der Waals surface area (Å²) in [4.78, 5) is 23.0. The Morgan fingerprint density at radius 3 is 2.09 bits per heavy atom. The summed E-state index contributed by atoms with van der Waals surface area (Å²) in [5.41, 5.74) is -0.833. The third kappa shape index (κ3) is 5.45. The number of hydrogen-bond acceptors (Lipinski definition) is 5. The van der Waals surface area contributed by atoms with Crippen LogP contribution in [0.1, 0.15) is 47.5 Å². The van der Waals surface area contributed by atoms with E-state index >= 15 is 0 Å². The molecule has 0 saturated carbocycles. The van der Waals surface area contributed by atoms with E-state index in [2.05, 4.69) is 15.5 Å². The number of nitrogens with zero attached hydrogens (tertiary/aromatic N) is 3. The Morgan fingerprint density at radius 1 is 1.03 bits per heavy atom. The summed E-state index contributed by atoms with van der Waals surface area (Å²) in [5.74, 6) is -2.71.